The minimum absolute atomic E-state index is 0.0257. The lowest BCUT2D eigenvalue weighted by Crippen LogP contribution is -2.11. The van der Waals surface area contributed by atoms with Gasteiger partial charge in [-0.15, -0.1) is 0 Å². The van der Waals surface area contributed by atoms with E-state index in [4.69, 9.17) is 33.1 Å². The molecule has 12 heteroatoms. The number of rotatable bonds is 6. The highest BCUT2D eigenvalue weighted by Gasteiger charge is 2.35. The molecule has 0 radical (unpaired) electrons. The van der Waals surface area contributed by atoms with Gasteiger partial charge in [-0.25, -0.2) is 18.2 Å². The summed E-state index contributed by atoms with van der Waals surface area (Å²) in [6.45, 7) is -0.259. The van der Waals surface area contributed by atoms with E-state index in [1.165, 1.54) is 24.3 Å². The molecular formula is C23H16Cl2F3N3O3S. The van der Waals surface area contributed by atoms with E-state index in [0.717, 1.165) is 10.7 Å². The van der Waals surface area contributed by atoms with Gasteiger partial charge in [0.1, 0.15) is 18.0 Å². The molecule has 6 nitrogen and oxygen atoms in total. The Hall–Kier alpha value is -3.05. The van der Waals surface area contributed by atoms with Crippen molar-refractivity contribution >= 4 is 33.2 Å². The molecule has 0 amide bonds. The van der Waals surface area contributed by atoms with Crippen molar-refractivity contribution < 1.29 is 26.3 Å². The fourth-order valence-electron chi connectivity index (χ4n) is 3.30. The number of benzene rings is 3. The van der Waals surface area contributed by atoms with E-state index in [1.54, 1.807) is 42.5 Å². The molecule has 1 heterocycles. The molecule has 35 heavy (non-hydrogen) atoms. The van der Waals surface area contributed by atoms with E-state index < -0.39 is 21.9 Å². The minimum atomic E-state index is -4.68. The fourth-order valence-corrected chi connectivity index (χ4v) is 4.42. The second kappa shape index (κ2) is 9.54. The molecule has 0 atom stereocenters. The van der Waals surface area contributed by atoms with Crippen LogP contribution in [0.1, 0.15) is 11.4 Å². The zero-order chi connectivity index (χ0) is 25.4. The van der Waals surface area contributed by atoms with Crippen LogP contribution in [0, 0.1) is 0 Å². The van der Waals surface area contributed by atoms with Crippen LogP contribution in [-0.4, -0.2) is 18.2 Å². The van der Waals surface area contributed by atoms with Crippen molar-refractivity contribution in [3.8, 4) is 22.6 Å². The first-order valence-corrected chi connectivity index (χ1v) is 12.2. The largest absolute Gasteiger partial charge is 0.487 e. The van der Waals surface area contributed by atoms with Crippen LogP contribution >= 0.6 is 23.2 Å². The molecule has 0 aliphatic heterocycles. The van der Waals surface area contributed by atoms with Gasteiger partial charge in [-0.05, 0) is 53.6 Å². The molecule has 0 aliphatic rings. The number of hydrogen-bond acceptors (Lipinski definition) is 4. The number of alkyl halides is 3. The normalized spacial score (nSPS) is 12.1. The zero-order valence-corrected chi connectivity index (χ0v) is 20.0. The minimum Gasteiger partial charge on any atom is -0.487 e. The Morgan fingerprint density at radius 2 is 1.54 bits per heavy atom. The van der Waals surface area contributed by atoms with Gasteiger partial charge in [0.15, 0.2) is 5.69 Å². The summed E-state index contributed by atoms with van der Waals surface area (Å²) in [6, 6.07) is 18.1. The fraction of sp³-hybridized carbons (Fsp3) is 0.0870. The predicted molar refractivity (Wildman–Crippen MR) is 126 cm³/mol. The van der Waals surface area contributed by atoms with E-state index in [9.17, 15) is 21.6 Å². The lowest BCUT2D eigenvalue weighted by molar-refractivity contribution is -0.141. The highest BCUT2D eigenvalue weighted by Crippen LogP contribution is 2.34. The zero-order valence-electron chi connectivity index (χ0n) is 17.6. The molecule has 0 spiro atoms. The standard InChI is InChI=1S/C23H16Cl2F3N3O3S/c24-19-5-2-6-20(25)22(19)31-16(12-21(30-31)23(26,27)28)13-34-17-9-7-14(8-10-17)15-3-1-4-18(11-15)35(29,32)33/h1-12H,13H2,(H2,29,32,33). The third-order valence-electron chi connectivity index (χ3n) is 4.96. The third-order valence-corrected chi connectivity index (χ3v) is 6.48. The van der Waals surface area contributed by atoms with Gasteiger partial charge in [0.25, 0.3) is 0 Å². The Labute approximate surface area is 208 Å². The molecule has 0 saturated heterocycles. The molecule has 2 N–H and O–H groups in total. The summed E-state index contributed by atoms with van der Waals surface area (Å²) in [5.74, 6) is 0.364. The van der Waals surface area contributed by atoms with E-state index in [1.807, 2.05) is 0 Å². The van der Waals surface area contributed by atoms with E-state index in [2.05, 4.69) is 5.10 Å². The molecule has 3 aromatic carbocycles. The quantitative estimate of drug-likeness (QED) is 0.320. The van der Waals surface area contributed by atoms with Crippen LogP contribution in [0.25, 0.3) is 16.8 Å². The summed E-state index contributed by atoms with van der Waals surface area (Å²) in [5.41, 5.74) is 0.379. The van der Waals surface area contributed by atoms with Gasteiger partial charge in [-0.2, -0.15) is 18.3 Å². The van der Waals surface area contributed by atoms with Gasteiger partial charge >= 0.3 is 6.18 Å². The van der Waals surface area contributed by atoms with Crippen LogP contribution in [0.4, 0.5) is 13.2 Å². The topological polar surface area (TPSA) is 87.2 Å². The highest BCUT2D eigenvalue weighted by atomic mass is 35.5. The molecule has 0 saturated carbocycles. The molecule has 182 valence electrons. The van der Waals surface area contributed by atoms with Gasteiger partial charge < -0.3 is 4.74 Å². The first kappa shape index (κ1) is 25.1. The van der Waals surface area contributed by atoms with E-state index >= 15 is 0 Å². The van der Waals surface area contributed by atoms with Crippen molar-refractivity contribution in [3.63, 3.8) is 0 Å². The summed E-state index contributed by atoms with van der Waals surface area (Å²) in [7, 11) is -3.85. The van der Waals surface area contributed by atoms with Crippen molar-refractivity contribution in [1.29, 1.82) is 0 Å². The van der Waals surface area contributed by atoms with Crippen LogP contribution in [0.5, 0.6) is 5.75 Å². The second-order valence-electron chi connectivity index (χ2n) is 7.39. The first-order chi connectivity index (χ1) is 16.4. The Bertz CT molecular complexity index is 1470. The lowest BCUT2D eigenvalue weighted by Gasteiger charge is -2.12. The molecule has 4 rings (SSSR count). The maximum Gasteiger partial charge on any atom is 0.435 e. The van der Waals surface area contributed by atoms with Gasteiger partial charge in [0.2, 0.25) is 10.0 Å². The van der Waals surface area contributed by atoms with Gasteiger partial charge in [-0.3, -0.25) is 0 Å². The molecule has 0 bridgehead atoms. The molecule has 0 fully saturated rings. The van der Waals surface area contributed by atoms with Gasteiger partial charge in [0.05, 0.1) is 20.6 Å². The first-order valence-electron chi connectivity index (χ1n) is 9.90. The van der Waals surface area contributed by atoms with Crippen LogP contribution < -0.4 is 9.88 Å². The number of nitrogens with two attached hydrogens (primary N) is 1. The predicted octanol–water partition coefficient (Wildman–Crippen LogP) is 6.09. The number of aromatic nitrogens is 2. The smallest absolute Gasteiger partial charge is 0.435 e. The Kier molecular flexibility index (Phi) is 6.83. The number of primary sulfonamides is 1. The highest BCUT2D eigenvalue weighted by molar-refractivity contribution is 7.89. The van der Waals surface area contributed by atoms with Crippen molar-refractivity contribution in [2.45, 2.75) is 17.7 Å². The summed E-state index contributed by atoms with van der Waals surface area (Å²) in [6.07, 6.45) is -4.68. The molecule has 1 aromatic heterocycles. The number of hydrogen-bond donors (Lipinski definition) is 1. The molecule has 4 aromatic rings. The van der Waals surface area contributed by atoms with Crippen LogP contribution in [0.3, 0.4) is 0 Å². The number of sulfonamides is 1. The Balaban J connectivity index is 1.60. The maximum absolute atomic E-state index is 13.3. The number of ether oxygens (including phenoxy) is 1. The summed E-state index contributed by atoms with van der Waals surface area (Å²) < 4.78 is 69.9. The average molecular weight is 542 g/mol. The van der Waals surface area contributed by atoms with E-state index in [-0.39, 0.29) is 32.9 Å². The van der Waals surface area contributed by atoms with Crippen LogP contribution in [0.15, 0.2) is 77.7 Å². The van der Waals surface area contributed by atoms with Crippen molar-refractivity contribution in [2.75, 3.05) is 0 Å². The summed E-state index contributed by atoms with van der Waals surface area (Å²) in [4.78, 5) is -0.0257. The molecule has 0 unspecified atom stereocenters. The van der Waals surface area contributed by atoms with Crippen LogP contribution in [0.2, 0.25) is 10.0 Å². The summed E-state index contributed by atoms with van der Waals surface area (Å²) in [5, 5.41) is 9.09. The maximum atomic E-state index is 13.3. The van der Waals surface area contributed by atoms with E-state index in [0.29, 0.717) is 16.9 Å². The Morgan fingerprint density at radius 3 is 2.14 bits per heavy atom. The van der Waals surface area contributed by atoms with Gasteiger partial charge in [-0.1, -0.05) is 53.5 Å². The number of nitrogens with zero attached hydrogens (tertiary/aromatic N) is 2. The molecule has 0 aliphatic carbocycles. The Morgan fingerprint density at radius 1 is 0.914 bits per heavy atom. The lowest BCUT2D eigenvalue weighted by atomic mass is 10.1. The van der Waals surface area contributed by atoms with Crippen molar-refractivity contribution in [3.05, 3.63) is 94.2 Å². The van der Waals surface area contributed by atoms with Crippen molar-refractivity contribution in [1.82, 2.24) is 9.78 Å². The van der Waals surface area contributed by atoms with Gasteiger partial charge in [0, 0.05) is 0 Å². The monoisotopic (exact) mass is 541 g/mol. The number of para-hydroxylation sites is 1. The third kappa shape index (κ3) is 5.62. The SMILES string of the molecule is NS(=O)(=O)c1cccc(-c2ccc(OCc3cc(C(F)(F)F)nn3-c3c(Cl)cccc3Cl)cc2)c1. The van der Waals surface area contributed by atoms with Crippen LogP contribution in [-0.2, 0) is 22.8 Å². The molecular weight excluding hydrogens is 526 g/mol. The number of halogens is 5. The van der Waals surface area contributed by atoms with Crippen molar-refractivity contribution in [2.24, 2.45) is 5.14 Å². The average Bonchev–Trinajstić information content (AvgIpc) is 3.22. The summed E-state index contributed by atoms with van der Waals surface area (Å²) >= 11 is 12.4. The second-order valence-corrected chi connectivity index (χ2v) is 9.76.